The van der Waals surface area contributed by atoms with E-state index in [9.17, 15) is 4.79 Å². The number of aryl methyl sites for hydroxylation is 1. The number of benzene rings is 1. The molecule has 0 fully saturated rings. The molecule has 0 saturated heterocycles. The maximum absolute atomic E-state index is 12.7. The van der Waals surface area contributed by atoms with E-state index < -0.39 is 0 Å². The van der Waals surface area contributed by atoms with Gasteiger partial charge in [-0.25, -0.2) is 0 Å². The van der Waals surface area contributed by atoms with Crippen LogP contribution in [0.1, 0.15) is 43.8 Å². The average molecular weight is 287 g/mol. The van der Waals surface area contributed by atoms with E-state index in [1.807, 2.05) is 36.1 Å². The number of hydrogen-bond donors (Lipinski definition) is 0. The van der Waals surface area contributed by atoms with Crippen LogP contribution in [0.3, 0.4) is 0 Å². The second-order valence-electron chi connectivity index (χ2n) is 6.65. The van der Waals surface area contributed by atoms with Crippen LogP contribution in [0.2, 0.25) is 0 Å². The van der Waals surface area contributed by atoms with Gasteiger partial charge in [-0.2, -0.15) is 0 Å². The van der Waals surface area contributed by atoms with Crippen LogP contribution in [0.15, 0.2) is 28.7 Å². The molecule has 0 aliphatic carbocycles. The Bertz CT molecular complexity index is 615. The van der Waals surface area contributed by atoms with Crippen molar-refractivity contribution in [3.63, 3.8) is 0 Å². The zero-order valence-corrected chi connectivity index (χ0v) is 13.6. The molecule has 0 aliphatic heterocycles. The zero-order valence-electron chi connectivity index (χ0n) is 13.6. The molecule has 0 saturated carbocycles. The molecule has 21 heavy (non-hydrogen) atoms. The summed E-state index contributed by atoms with van der Waals surface area (Å²) in [6.45, 7) is 12.0. The molecule has 2 aromatic rings. The molecule has 1 aromatic carbocycles. The number of carbonyl (C=O) groups excluding carboxylic acids is 1. The van der Waals surface area contributed by atoms with Crippen molar-refractivity contribution >= 4 is 16.9 Å². The molecule has 0 unspecified atom stereocenters. The lowest BCUT2D eigenvalue weighted by atomic mass is 10.1. The minimum Gasteiger partial charge on any atom is -0.451 e. The molecular formula is C18H25NO2. The van der Waals surface area contributed by atoms with E-state index in [0.29, 0.717) is 17.6 Å². The topological polar surface area (TPSA) is 33.5 Å². The highest BCUT2D eigenvalue weighted by atomic mass is 16.3. The molecule has 0 aliphatic rings. The molecule has 3 heteroatoms. The summed E-state index contributed by atoms with van der Waals surface area (Å²) in [5.74, 6) is 1.32. The van der Waals surface area contributed by atoms with Gasteiger partial charge in [0.1, 0.15) is 5.58 Å². The van der Waals surface area contributed by atoms with Crippen molar-refractivity contribution in [1.29, 1.82) is 0 Å². The Labute approximate surface area is 126 Å². The Hall–Kier alpha value is -1.77. The van der Waals surface area contributed by atoms with Crippen molar-refractivity contribution in [2.24, 2.45) is 11.8 Å². The number of hydrogen-bond acceptors (Lipinski definition) is 2. The number of fused-ring (bicyclic) bond motifs is 1. The van der Waals surface area contributed by atoms with Gasteiger partial charge in [-0.15, -0.1) is 0 Å². The van der Waals surface area contributed by atoms with Gasteiger partial charge in [-0.3, -0.25) is 4.79 Å². The quantitative estimate of drug-likeness (QED) is 0.811. The summed E-state index contributed by atoms with van der Waals surface area (Å²) in [4.78, 5) is 14.6. The minimum atomic E-state index is -0.00810. The SMILES string of the molecule is Cc1ccc2cc(C(=O)N(CC(C)C)CC(C)C)oc2c1. The van der Waals surface area contributed by atoms with Crippen LogP contribution < -0.4 is 0 Å². The summed E-state index contributed by atoms with van der Waals surface area (Å²) in [6.07, 6.45) is 0. The van der Waals surface area contributed by atoms with E-state index in [1.54, 1.807) is 0 Å². The highest BCUT2D eigenvalue weighted by Gasteiger charge is 2.21. The van der Waals surface area contributed by atoms with E-state index in [1.165, 1.54) is 0 Å². The van der Waals surface area contributed by atoms with Crippen molar-refractivity contribution in [1.82, 2.24) is 4.90 Å². The third-order valence-corrected chi connectivity index (χ3v) is 3.34. The molecule has 1 amide bonds. The molecular weight excluding hydrogens is 262 g/mol. The zero-order chi connectivity index (χ0) is 15.6. The average Bonchev–Trinajstić information content (AvgIpc) is 2.78. The van der Waals surface area contributed by atoms with Crippen LogP contribution in [0.5, 0.6) is 0 Å². The highest BCUT2D eigenvalue weighted by Crippen LogP contribution is 2.22. The Morgan fingerprint density at radius 3 is 2.29 bits per heavy atom. The third-order valence-electron chi connectivity index (χ3n) is 3.34. The maximum atomic E-state index is 12.7. The standard InChI is InChI=1S/C18H25NO2/c1-12(2)10-19(11-13(3)4)18(20)17-9-15-7-6-14(5)8-16(15)21-17/h6-9,12-13H,10-11H2,1-5H3. The smallest absolute Gasteiger partial charge is 0.289 e. The van der Waals surface area contributed by atoms with Crippen molar-refractivity contribution < 1.29 is 9.21 Å². The fraction of sp³-hybridized carbons (Fsp3) is 0.500. The van der Waals surface area contributed by atoms with Crippen LogP contribution >= 0.6 is 0 Å². The summed E-state index contributed by atoms with van der Waals surface area (Å²) < 4.78 is 5.76. The van der Waals surface area contributed by atoms with Crippen LogP contribution in [-0.4, -0.2) is 23.9 Å². The van der Waals surface area contributed by atoms with Crippen molar-refractivity contribution in [3.8, 4) is 0 Å². The van der Waals surface area contributed by atoms with Gasteiger partial charge >= 0.3 is 0 Å². The van der Waals surface area contributed by atoms with Gasteiger partial charge in [0.15, 0.2) is 5.76 Å². The van der Waals surface area contributed by atoms with E-state index in [4.69, 9.17) is 4.42 Å². The number of rotatable bonds is 5. The maximum Gasteiger partial charge on any atom is 0.289 e. The normalized spacial score (nSPS) is 11.6. The Morgan fingerprint density at radius 1 is 1.10 bits per heavy atom. The number of furan rings is 1. The molecule has 2 rings (SSSR count). The first-order valence-electron chi connectivity index (χ1n) is 7.66. The second-order valence-corrected chi connectivity index (χ2v) is 6.65. The molecule has 114 valence electrons. The van der Waals surface area contributed by atoms with E-state index in [-0.39, 0.29) is 5.91 Å². The van der Waals surface area contributed by atoms with Gasteiger partial charge in [-0.1, -0.05) is 39.8 Å². The Balaban J connectivity index is 2.28. The van der Waals surface area contributed by atoms with Gasteiger partial charge in [0.25, 0.3) is 5.91 Å². The summed E-state index contributed by atoms with van der Waals surface area (Å²) in [6, 6.07) is 7.86. The predicted octanol–water partition coefficient (Wildman–Crippen LogP) is 4.50. The predicted molar refractivity (Wildman–Crippen MR) is 86.5 cm³/mol. The number of carbonyl (C=O) groups is 1. The van der Waals surface area contributed by atoms with Crippen molar-refractivity contribution in [3.05, 3.63) is 35.6 Å². The molecule has 0 spiro atoms. The first-order chi connectivity index (χ1) is 9.86. The fourth-order valence-corrected chi connectivity index (χ4v) is 2.52. The lowest BCUT2D eigenvalue weighted by Crippen LogP contribution is -2.36. The van der Waals surface area contributed by atoms with Gasteiger partial charge in [0, 0.05) is 18.5 Å². The minimum absolute atomic E-state index is 0.00810. The highest BCUT2D eigenvalue weighted by molar-refractivity contribution is 5.96. The van der Waals surface area contributed by atoms with Crippen LogP contribution in [0.25, 0.3) is 11.0 Å². The Morgan fingerprint density at radius 2 is 1.71 bits per heavy atom. The largest absolute Gasteiger partial charge is 0.451 e. The van der Waals surface area contributed by atoms with Crippen molar-refractivity contribution in [2.45, 2.75) is 34.6 Å². The third kappa shape index (κ3) is 3.87. The fourth-order valence-electron chi connectivity index (χ4n) is 2.52. The lowest BCUT2D eigenvalue weighted by Gasteiger charge is -2.25. The molecule has 0 N–H and O–H groups in total. The van der Waals surface area contributed by atoms with Gasteiger partial charge < -0.3 is 9.32 Å². The van der Waals surface area contributed by atoms with E-state index >= 15 is 0 Å². The second kappa shape index (κ2) is 6.33. The van der Waals surface area contributed by atoms with Gasteiger partial charge in [-0.05, 0) is 36.5 Å². The van der Waals surface area contributed by atoms with E-state index in [0.717, 1.165) is 29.6 Å². The summed E-state index contributed by atoms with van der Waals surface area (Å²) in [7, 11) is 0. The monoisotopic (exact) mass is 287 g/mol. The van der Waals surface area contributed by atoms with Crippen LogP contribution in [0.4, 0.5) is 0 Å². The molecule has 1 aromatic heterocycles. The molecule has 3 nitrogen and oxygen atoms in total. The number of nitrogens with zero attached hydrogens (tertiary/aromatic N) is 1. The Kier molecular flexibility index (Phi) is 4.71. The summed E-state index contributed by atoms with van der Waals surface area (Å²) in [5, 5.41) is 0.984. The lowest BCUT2D eigenvalue weighted by molar-refractivity contribution is 0.0685. The molecule has 1 heterocycles. The first-order valence-corrected chi connectivity index (χ1v) is 7.66. The first kappa shape index (κ1) is 15.6. The van der Waals surface area contributed by atoms with Crippen molar-refractivity contribution in [2.75, 3.05) is 13.1 Å². The molecule has 0 radical (unpaired) electrons. The van der Waals surface area contributed by atoms with Gasteiger partial charge in [0.2, 0.25) is 0 Å². The van der Waals surface area contributed by atoms with Gasteiger partial charge in [0.05, 0.1) is 0 Å². The van der Waals surface area contributed by atoms with Crippen LogP contribution in [-0.2, 0) is 0 Å². The van der Waals surface area contributed by atoms with Crippen LogP contribution in [0, 0.1) is 18.8 Å². The molecule has 0 atom stereocenters. The summed E-state index contributed by atoms with van der Waals surface area (Å²) in [5.41, 5.74) is 1.92. The van der Waals surface area contributed by atoms with E-state index in [2.05, 4.69) is 27.7 Å². The molecule has 0 bridgehead atoms. The number of amides is 1. The summed E-state index contributed by atoms with van der Waals surface area (Å²) >= 11 is 0.